The Bertz CT molecular complexity index is 956. The van der Waals surface area contributed by atoms with E-state index in [0.29, 0.717) is 11.1 Å². The molecule has 0 radical (unpaired) electrons. The van der Waals surface area contributed by atoms with Gasteiger partial charge in [0.1, 0.15) is 11.4 Å². The van der Waals surface area contributed by atoms with Gasteiger partial charge in [0.05, 0.1) is 0 Å². The molecule has 0 amide bonds. The van der Waals surface area contributed by atoms with E-state index >= 15 is 0 Å². The van der Waals surface area contributed by atoms with Gasteiger partial charge in [0, 0.05) is 6.42 Å². The third kappa shape index (κ3) is 31.4. The van der Waals surface area contributed by atoms with Crippen LogP contribution in [0.2, 0.25) is 0 Å². The summed E-state index contributed by atoms with van der Waals surface area (Å²) in [5.41, 5.74) is 1.07. The predicted octanol–water partition coefficient (Wildman–Crippen LogP) is 12.4. The molecule has 0 aliphatic carbocycles. The summed E-state index contributed by atoms with van der Waals surface area (Å²) in [6, 6.07) is 6.93. The van der Waals surface area contributed by atoms with E-state index in [1.807, 2.05) is 0 Å². The van der Waals surface area contributed by atoms with E-state index in [4.69, 9.17) is 9.52 Å². The number of carboxylic acids is 1. The Morgan fingerprint density at radius 3 is 1.29 bits per heavy atom. The highest BCUT2D eigenvalue weighted by atomic mass is 32.1. The molecular formula is C43H79N3O4S. The van der Waals surface area contributed by atoms with Crippen LogP contribution in [0.5, 0.6) is 0 Å². The molecule has 1 aromatic heterocycles. The van der Waals surface area contributed by atoms with Crippen molar-refractivity contribution in [3.8, 4) is 0 Å². The van der Waals surface area contributed by atoms with E-state index in [9.17, 15) is 9.59 Å². The van der Waals surface area contributed by atoms with Crippen LogP contribution in [-0.2, 0) is 9.59 Å². The number of rotatable bonds is 32. The molecule has 0 saturated carbocycles. The van der Waals surface area contributed by atoms with E-state index in [-0.39, 0.29) is 12.3 Å². The maximum Gasteiger partial charge on any atom is 0.316 e. The summed E-state index contributed by atoms with van der Waals surface area (Å²) >= 11 is 3.57. The van der Waals surface area contributed by atoms with Crippen molar-refractivity contribution in [1.29, 1.82) is 0 Å². The number of nitrogens with one attached hydrogen (secondary N) is 2. The number of aliphatic carboxylic acids is 1. The molecule has 0 aliphatic rings. The lowest BCUT2D eigenvalue weighted by atomic mass is 10.1. The van der Waals surface area contributed by atoms with Crippen LogP contribution in [0, 0.1) is 0 Å². The number of thiol groups is 1. The number of carbonyl (C=O) groups is 2. The molecule has 1 heterocycles. The van der Waals surface area contributed by atoms with Crippen LogP contribution in [-0.4, -0.2) is 47.4 Å². The van der Waals surface area contributed by atoms with E-state index in [2.05, 4.69) is 55.9 Å². The minimum Gasteiger partial charge on any atom is -0.481 e. The monoisotopic (exact) mass is 734 g/mol. The van der Waals surface area contributed by atoms with Crippen LogP contribution < -0.4 is 10.6 Å². The number of fused-ring (bicyclic) bond motifs is 1. The topological polar surface area (TPSA) is 104 Å². The number of hydrogen-bond donors (Lipinski definition) is 4. The van der Waals surface area contributed by atoms with E-state index in [1.165, 1.54) is 180 Å². The molecule has 1 atom stereocenters. The summed E-state index contributed by atoms with van der Waals surface area (Å²) in [5, 5.41) is 15.6. The van der Waals surface area contributed by atoms with Gasteiger partial charge in [0.2, 0.25) is 5.89 Å². The van der Waals surface area contributed by atoms with Crippen LogP contribution >= 0.6 is 12.6 Å². The molecule has 1 unspecified atom stereocenters. The van der Waals surface area contributed by atoms with Crippen molar-refractivity contribution >= 4 is 34.8 Å². The highest BCUT2D eigenvalue weighted by Gasteiger charge is 2.27. The van der Waals surface area contributed by atoms with Gasteiger partial charge in [-0.25, -0.2) is 4.98 Å². The lowest BCUT2D eigenvalue weighted by Crippen LogP contribution is -2.16. The molecule has 0 fully saturated rings. The van der Waals surface area contributed by atoms with Gasteiger partial charge in [-0.3, -0.25) is 9.59 Å². The molecule has 0 spiro atoms. The van der Waals surface area contributed by atoms with Gasteiger partial charge in [0.15, 0.2) is 10.7 Å². The minimum absolute atomic E-state index is 0.0288. The zero-order chi connectivity index (χ0) is 37.6. The number of nitrogens with zero attached hydrogens (tertiary/aromatic N) is 1. The van der Waals surface area contributed by atoms with Crippen molar-refractivity contribution < 1.29 is 19.1 Å². The van der Waals surface area contributed by atoms with E-state index < -0.39 is 17.0 Å². The maximum absolute atomic E-state index is 11.0. The summed E-state index contributed by atoms with van der Waals surface area (Å²) in [6.45, 7) is 14.1. The highest BCUT2D eigenvalue weighted by molar-refractivity contribution is 7.96. The average molecular weight is 734 g/mol. The Morgan fingerprint density at radius 2 is 0.961 bits per heavy atom. The summed E-state index contributed by atoms with van der Waals surface area (Å²) in [4.78, 5) is 26.0. The smallest absolute Gasteiger partial charge is 0.316 e. The standard InChI is InChI=1S/2C16H35N.C11H9NO4S/c2*1-3-5-7-9-11-13-15-17-16-14-12-10-8-6-4-2;13-9(17)5-6(11(14)15)10-12-7-3-1-2-4-8(7)16-10/h2*17H,3-16H2,1-2H3;1-4,6H,5H2,(H,13,17)(H,14,15). The largest absolute Gasteiger partial charge is 0.481 e. The van der Waals surface area contributed by atoms with Crippen LogP contribution in [0.15, 0.2) is 28.7 Å². The number of oxazole rings is 1. The Labute approximate surface area is 319 Å². The molecule has 2 rings (SSSR count). The van der Waals surface area contributed by atoms with Gasteiger partial charge < -0.3 is 20.2 Å². The first-order valence-corrected chi connectivity index (χ1v) is 21.6. The lowest BCUT2D eigenvalue weighted by molar-refractivity contribution is -0.140. The number of hydrogen-bond acceptors (Lipinski definition) is 6. The van der Waals surface area contributed by atoms with Crippen molar-refractivity contribution in [1.82, 2.24) is 15.6 Å². The molecule has 3 N–H and O–H groups in total. The van der Waals surface area contributed by atoms with Gasteiger partial charge in [-0.15, -0.1) is 12.6 Å². The Balaban J connectivity index is 0.000000735. The number of carbonyl (C=O) groups excluding carboxylic acids is 1. The predicted molar refractivity (Wildman–Crippen MR) is 222 cm³/mol. The third-order valence-electron chi connectivity index (χ3n) is 9.11. The minimum atomic E-state index is -1.15. The molecule has 8 heteroatoms. The number of aromatic nitrogens is 1. The molecule has 296 valence electrons. The van der Waals surface area contributed by atoms with E-state index in [0.717, 1.165) is 0 Å². The third-order valence-corrected chi connectivity index (χ3v) is 9.30. The summed E-state index contributed by atoms with van der Waals surface area (Å²) in [5.74, 6) is -2.22. The first kappa shape index (κ1) is 49.1. The quantitative estimate of drug-likeness (QED) is 0.0438. The van der Waals surface area contributed by atoms with Crippen molar-refractivity contribution in [2.24, 2.45) is 0 Å². The lowest BCUT2D eigenvalue weighted by Gasteiger charge is -2.04. The van der Waals surface area contributed by atoms with Gasteiger partial charge >= 0.3 is 5.97 Å². The normalized spacial score (nSPS) is 11.5. The van der Waals surface area contributed by atoms with Gasteiger partial charge in [-0.2, -0.15) is 0 Å². The van der Waals surface area contributed by atoms with Gasteiger partial charge in [0.25, 0.3) is 0 Å². The maximum atomic E-state index is 11.0. The number of para-hydroxylation sites is 2. The average Bonchev–Trinajstić information content (AvgIpc) is 3.56. The van der Waals surface area contributed by atoms with Gasteiger partial charge in [-0.05, 0) is 64.0 Å². The molecule has 1 aromatic carbocycles. The van der Waals surface area contributed by atoms with Crippen molar-refractivity contribution in [3.05, 3.63) is 30.2 Å². The molecule has 2 aromatic rings. The zero-order valence-electron chi connectivity index (χ0n) is 33.5. The van der Waals surface area contributed by atoms with Crippen molar-refractivity contribution in [2.45, 2.75) is 194 Å². The fraction of sp³-hybridized carbons (Fsp3) is 0.791. The fourth-order valence-electron chi connectivity index (χ4n) is 5.87. The Kier molecular flexibility index (Phi) is 36.4. The van der Waals surface area contributed by atoms with Gasteiger partial charge in [-0.1, -0.05) is 168 Å². The molecule has 0 aliphatic heterocycles. The summed E-state index contributed by atoms with van der Waals surface area (Å²) < 4.78 is 5.31. The zero-order valence-corrected chi connectivity index (χ0v) is 34.4. The van der Waals surface area contributed by atoms with Crippen LogP contribution in [0.3, 0.4) is 0 Å². The Hall–Kier alpha value is -1.90. The molecule has 0 saturated heterocycles. The SMILES string of the molecule is CCCCCCCCNCCCCCCCC.CCCCCCCCNCCCCCCCC.O=C(S)CC(C(=O)O)c1nc2ccccc2o1. The molecule has 0 bridgehead atoms. The number of benzene rings is 1. The molecular weight excluding hydrogens is 655 g/mol. The second-order valence-electron chi connectivity index (χ2n) is 14.1. The second kappa shape index (κ2) is 37.8. The molecule has 7 nitrogen and oxygen atoms in total. The van der Waals surface area contributed by atoms with Crippen molar-refractivity contribution in [3.63, 3.8) is 0 Å². The first-order chi connectivity index (χ1) is 24.9. The van der Waals surface area contributed by atoms with Crippen LogP contribution in [0.1, 0.15) is 200 Å². The molecule has 51 heavy (non-hydrogen) atoms. The first-order valence-electron chi connectivity index (χ1n) is 21.1. The highest BCUT2D eigenvalue weighted by Crippen LogP contribution is 2.25. The second-order valence-corrected chi connectivity index (χ2v) is 14.6. The van der Waals surface area contributed by atoms with Crippen molar-refractivity contribution in [2.75, 3.05) is 26.2 Å². The van der Waals surface area contributed by atoms with Crippen LogP contribution in [0.25, 0.3) is 11.1 Å². The number of unbranched alkanes of at least 4 members (excludes halogenated alkanes) is 20. The fourth-order valence-corrected chi connectivity index (χ4v) is 6.05. The summed E-state index contributed by atoms with van der Waals surface area (Å²) in [7, 11) is 0. The summed E-state index contributed by atoms with van der Waals surface area (Å²) in [6.07, 6.45) is 33.6. The van der Waals surface area contributed by atoms with Crippen LogP contribution in [0.4, 0.5) is 0 Å². The Morgan fingerprint density at radius 1 is 0.608 bits per heavy atom. The van der Waals surface area contributed by atoms with E-state index in [1.54, 1.807) is 24.3 Å². The number of carboxylic acid groups (broad SMARTS) is 1.